The molecule has 2 amide bonds. The Morgan fingerprint density at radius 3 is 2.56 bits per heavy atom. The smallest absolute Gasteiger partial charge is 0.263 e. The van der Waals surface area contributed by atoms with Crippen LogP contribution in [0, 0.1) is 5.95 Å². The van der Waals surface area contributed by atoms with Crippen molar-refractivity contribution in [2.75, 3.05) is 39.6 Å². The quantitative estimate of drug-likeness (QED) is 0.115. The van der Waals surface area contributed by atoms with E-state index in [9.17, 15) is 14.0 Å². The number of nitrogens with one attached hydrogen (secondary N) is 2. The third-order valence-corrected chi connectivity index (χ3v) is 7.44. The summed E-state index contributed by atoms with van der Waals surface area (Å²) < 4.78 is 24.4. The Morgan fingerprint density at radius 2 is 1.83 bits per heavy atom. The summed E-state index contributed by atoms with van der Waals surface area (Å²) in [6, 6.07) is 11.9. The Bertz CT molecular complexity index is 1630. The highest BCUT2D eigenvalue weighted by Crippen LogP contribution is 2.40. The lowest BCUT2D eigenvalue weighted by Crippen LogP contribution is -2.52. The average Bonchev–Trinajstić information content (AvgIpc) is 3.41. The number of nitrogen functional groups attached to an aromatic ring is 1. The third kappa shape index (κ3) is 5.20. The fraction of sp³-hybridized carbons (Fsp3) is 0.333. The highest BCUT2D eigenvalue weighted by molar-refractivity contribution is 6.19. The first-order valence-electron chi connectivity index (χ1n) is 13.4. The number of H-pyrrole nitrogens is 1. The summed E-state index contributed by atoms with van der Waals surface area (Å²) in [6.45, 7) is 5.14. The minimum atomic E-state index is -0.997. The van der Waals surface area contributed by atoms with E-state index >= 15 is 0 Å². The van der Waals surface area contributed by atoms with E-state index in [2.05, 4.69) is 20.3 Å². The van der Waals surface area contributed by atoms with Crippen molar-refractivity contribution >= 4 is 28.5 Å². The normalized spacial score (nSPS) is 14.4. The molecule has 3 heterocycles. The fourth-order valence-electron chi connectivity index (χ4n) is 5.20. The van der Waals surface area contributed by atoms with Gasteiger partial charge in [-0.15, -0.1) is 0 Å². The first-order valence-corrected chi connectivity index (χ1v) is 13.4. The number of carbonyl (C=O) groups is 2. The predicted molar refractivity (Wildman–Crippen MR) is 154 cm³/mol. The van der Waals surface area contributed by atoms with Gasteiger partial charge in [0, 0.05) is 6.54 Å². The Kier molecular flexibility index (Phi) is 7.63. The van der Waals surface area contributed by atoms with Gasteiger partial charge in [0.2, 0.25) is 11.9 Å². The van der Waals surface area contributed by atoms with Crippen molar-refractivity contribution in [3.05, 3.63) is 65.1 Å². The number of halogens is 1. The molecule has 10 nitrogen and oxygen atoms in total. The predicted octanol–water partition coefficient (Wildman–Crippen LogP) is 3.85. The Labute approximate surface area is 237 Å². The van der Waals surface area contributed by atoms with Crippen molar-refractivity contribution in [1.29, 1.82) is 0 Å². The second-order valence-electron chi connectivity index (χ2n) is 10.5. The summed E-state index contributed by atoms with van der Waals surface area (Å²) in [5.74, 6) is 0.284. The Morgan fingerprint density at radius 1 is 1.05 bits per heavy atom. The van der Waals surface area contributed by atoms with E-state index in [-0.39, 0.29) is 24.0 Å². The molecule has 1 aliphatic rings. The molecule has 0 unspecified atom stereocenters. The van der Waals surface area contributed by atoms with E-state index in [0.717, 1.165) is 18.5 Å². The van der Waals surface area contributed by atoms with Gasteiger partial charge in [-0.3, -0.25) is 14.5 Å². The van der Waals surface area contributed by atoms with Crippen LogP contribution in [0.25, 0.3) is 22.6 Å². The topological polar surface area (TPSA) is 135 Å². The largest absolute Gasteiger partial charge is 0.493 e. The number of anilines is 1. The molecule has 0 fully saturated rings. The third-order valence-electron chi connectivity index (χ3n) is 7.44. The summed E-state index contributed by atoms with van der Waals surface area (Å²) in [5.41, 5.74) is 8.67. The van der Waals surface area contributed by atoms with Crippen molar-refractivity contribution in [3.8, 4) is 23.0 Å². The van der Waals surface area contributed by atoms with E-state index in [1.807, 2.05) is 18.2 Å². The molecule has 0 spiro atoms. The molecule has 0 saturated heterocycles. The maximum absolute atomic E-state index is 13.8. The van der Waals surface area contributed by atoms with Crippen molar-refractivity contribution in [3.63, 3.8) is 0 Å². The van der Waals surface area contributed by atoms with E-state index in [1.54, 1.807) is 40.2 Å². The van der Waals surface area contributed by atoms with Crippen molar-refractivity contribution in [2.45, 2.75) is 32.1 Å². The van der Waals surface area contributed by atoms with Crippen molar-refractivity contribution < 1.29 is 23.5 Å². The standard InChI is InChI=1S/C30H33FN6O4/c1-30(2)18-16-19(32)25-26(36-27(35-25)20-7-5-8-23(31)34-20)24(18)28(38)37(29(30)39)14-6-12-33-13-11-17-9-10-21(40-3)22(15-17)41-4/h5,7-10,15-16,33H,6,11-14,32H2,1-4H3,(H,35,36). The molecular formula is C30H33FN6O4. The summed E-state index contributed by atoms with van der Waals surface area (Å²) in [7, 11) is 3.21. The van der Waals surface area contributed by atoms with Crippen LogP contribution in [0.5, 0.6) is 11.5 Å². The van der Waals surface area contributed by atoms with Gasteiger partial charge in [-0.05, 0) is 81.2 Å². The second-order valence-corrected chi connectivity index (χ2v) is 10.5. The molecule has 0 saturated carbocycles. The maximum atomic E-state index is 13.8. The SMILES string of the molecule is COc1ccc(CCNCCCN2C(=O)c3c(cc(N)c4[nH]c(-c5cccc(F)n5)nc34)C(C)(C)C2=O)cc1OC. The number of methoxy groups -OCH3 is 2. The zero-order chi connectivity index (χ0) is 29.3. The van der Waals surface area contributed by atoms with Crippen LogP contribution >= 0.6 is 0 Å². The average molecular weight is 561 g/mol. The van der Waals surface area contributed by atoms with Crippen LogP contribution in [0.1, 0.15) is 41.8 Å². The number of imide groups is 1. The molecule has 214 valence electrons. The van der Waals surface area contributed by atoms with Gasteiger partial charge >= 0.3 is 0 Å². The van der Waals surface area contributed by atoms with Crippen molar-refractivity contribution in [2.24, 2.45) is 0 Å². The molecule has 0 radical (unpaired) electrons. The second kappa shape index (κ2) is 11.2. The number of aromatic nitrogens is 3. The molecule has 2 aromatic carbocycles. The molecule has 1 aliphatic heterocycles. The zero-order valence-corrected chi connectivity index (χ0v) is 23.5. The number of fused-ring (bicyclic) bond motifs is 3. The molecule has 0 aliphatic carbocycles. The number of imidazole rings is 1. The molecule has 4 N–H and O–H groups in total. The molecule has 0 bridgehead atoms. The molecular weight excluding hydrogens is 527 g/mol. The van der Waals surface area contributed by atoms with Crippen molar-refractivity contribution in [1.82, 2.24) is 25.2 Å². The summed E-state index contributed by atoms with van der Waals surface area (Å²) in [5, 5.41) is 3.38. The van der Waals surface area contributed by atoms with Crippen LogP contribution < -0.4 is 20.5 Å². The van der Waals surface area contributed by atoms with Gasteiger partial charge in [0.1, 0.15) is 11.2 Å². The molecule has 2 aromatic heterocycles. The molecule has 4 aromatic rings. The van der Waals surface area contributed by atoms with Gasteiger partial charge < -0.3 is 25.5 Å². The summed E-state index contributed by atoms with van der Waals surface area (Å²) >= 11 is 0. The number of ether oxygens (including phenoxy) is 2. The van der Waals surface area contributed by atoms with Crippen LogP contribution in [-0.4, -0.2) is 65.5 Å². The number of nitrogens with two attached hydrogens (primary N) is 1. The lowest BCUT2D eigenvalue weighted by Gasteiger charge is -2.37. The fourth-order valence-corrected chi connectivity index (χ4v) is 5.20. The number of carbonyl (C=O) groups excluding carboxylic acids is 2. The van der Waals surface area contributed by atoms with Gasteiger partial charge in [0.05, 0.1) is 36.4 Å². The van der Waals surface area contributed by atoms with Gasteiger partial charge in [0.25, 0.3) is 5.91 Å². The summed E-state index contributed by atoms with van der Waals surface area (Å²) in [4.78, 5) is 40.1. The first kappa shape index (κ1) is 28.0. The van der Waals surface area contributed by atoms with E-state index in [4.69, 9.17) is 15.2 Å². The lowest BCUT2D eigenvalue weighted by atomic mass is 9.76. The molecule has 0 atom stereocenters. The Hall–Kier alpha value is -4.51. The number of aromatic amines is 1. The van der Waals surface area contributed by atoms with E-state index in [1.165, 1.54) is 17.0 Å². The minimum Gasteiger partial charge on any atom is -0.493 e. The van der Waals surface area contributed by atoms with Gasteiger partial charge in [-0.1, -0.05) is 12.1 Å². The monoisotopic (exact) mass is 560 g/mol. The number of benzene rings is 2. The number of nitrogens with zero attached hydrogens (tertiary/aromatic N) is 3. The Balaban J connectivity index is 1.30. The number of pyridine rings is 1. The van der Waals surface area contributed by atoms with Crippen LogP contribution in [0.15, 0.2) is 42.5 Å². The van der Waals surface area contributed by atoms with Gasteiger partial charge in [0.15, 0.2) is 17.3 Å². The van der Waals surface area contributed by atoms with Crippen LogP contribution in [-0.2, 0) is 16.6 Å². The molecule has 41 heavy (non-hydrogen) atoms. The summed E-state index contributed by atoms with van der Waals surface area (Å²) in [6.07, 6.45) is 1.36. The minimum absolute atomic E-state index is 0.249. The maximum Gasteiger partial charge on any atom is 0.263 e. The lowest BCUT2D eigenvalue weighted by molar-refractivity contribution is -0.134. The van der Waals surface area contributed by atoms with Crippen LogP contribution in [0.3, 0.4) is 0 Å². The first-order chi connectivity index (χ1) is 19.6. The number of hydrogen-bond acceptors (Lipinski definition) is 8. The van der Waals surface area contributed by atoms with E-state index < -0.39 is 17.3 Å². The number of amides is 2. The highest BCUT2D eigenvalue weighted by Gasteiger charge is 2.46. The molecule has 11 heteroatoms. The zero-order valence-electron chi connectivity index (χ0n) is 23.5. The van der Waals surface area contributed by atoms with Crippen LogP contribution in [0.2, 0.25) is 0 Å². The number of rotatable bonds is 10. The molecule has 5 rings (SSSR count). The van der Waals surface area contributed by atoms with Crippen LogP contribution in [0.4, 0.5) is 10.1 Å². The van der Waals surface area contributed by atoms with Gasteiger partial charge in [-0.25, -0.2) is 9.97 Å². The van der Waals surface area contributed by atoms with E-state index in [0.29, 0.717) is 52.3 Å². The highest BCUT2D eigenvalue weighted by atomic mass is 19.1. The van der Waals surface area contributed by atoms with Gasteiger partial charge in [-0.2, -0.15) is 4.39 Å². The number of hydrogen-bond donors (Lipinski definition) is 3.